The van der Waals surface area contributed by atoms with Gasteiger partial charge in [-0.2, -0.15) is 5.26 Å². The van der Waals surface area contributed by atoms with Crippen molar-refractivity contribution in [1.82, 2.24) is 4.90 Å². The Morgan fingerprint density at radius 3 is 2.71 bits per heavy atom. The second kappa shape index (κ2) is 11.9. The molecule has 1 fully saturated rings. The van der Waals surface area contributed by atoms with Gasteiger partial charge >= 0.3 is 5.97 Å². The topological polar surface area (TPSA) is 112 Å². The predicted octanol–water partition coefficient (Wildman–Crippen LogP) is 6.12. The molecule has 1 heterocycles. The summed E-state index contributed by atoms with van der Waals surface area (Å²) in [5.41, 5.74) is 2.39. The molecule has 38 heavy (non-hydrogen) atoms. The number of benzene rings is 3. The summed E-state index contributed by atoms with van der Waals surface area (Å²) in [6, 6.07) is 18.8. The minimum Gasteiger partial charge on any atom is -0.493 e. The quantitative estimate of drug-likeness (QED) is 0.338. The maximum Gasteiger partial charge on any atom is 0.335 e. The molecule has 0 aromatic heterocycles. The van der Waals surface area contributed by atoms with Crippen molar-refractivity contribution in [3.05, 3.63) is 92.8 Å². The standard InChI is InChI=1S/C28H22ClN3O5S/c1-3-32-26(33)24(38-28(32)31-21-10-6-9-18(14-21)27(34)35)13-17-11-22(29)25(23(12-17)36-2)37-16-20-8-5-4-7-19(20)15-30/h4-14H,3,16H2,1-2H3,(H,34,35). The number of thioether (sulfide) groups is 1. The molecule has 0 spiro atoms. The van der Waals surface area contributed by atoms with Crippen LogP contribution in [0.25, 0.3) is 6.08 Å². The first-order valence-electron chi connectivity index (χ1n) is 11.5. The number of hydrogen-bond acceptors (Lipinski definition) is 7. The van der Waals surface area contributed by atoms with Gasteiger partial charge in [0.15, 0.2) is 16.7 Å². The van der Waals surface area contributed by atoms with Crippen molar-refractivity contribution in [1.29, 1.82) is 5.26 Å². The summed E-state index contributed by atoms with van der Waals surface area (Å²) in [5, 5.41) is 19.3. The van der Waals surface area contributed by atoms with Crippen molar-refractivity contribution in [2.24, 2.45) is 4.99 Å². The van der Waals surface area contributed by atoms with Gasteiger partial charge in [-0.1, -0.05) is 35.9 Å². The van der Waals surface area contributed by atoms with E-state index in [0.717, 1.165) is 0 Å². The monoisotopic (exact) mass is 547 g/mol. The predicted molar refractivity (Wildman–Crippen MR) is 147 cm³/mol. The van der Waals surface area contributed by atoms with E-state index in [1.54, 1.807) is 48.5 Å². The molecule has 3 aromatic rings. The summed E-state index contributed by atoms with van der Waals surface area (Å²) in [4.78, 5) is 30.8. The minimum absolute atomic E-state index is 0.111. The first-order chi connectivity index (χ1) is 18.3. The third kappa shape index (κ3) is 5.83. The summed E-state index contributed by atoms with van der Waals surface area (Å²) < 4.78 is 11.4. The number of halogens is 1. The molecule has 0 saturated carbocycles. The van der Waals surface area contributed by atoms with Crippen LogP contribution in [0.2, 0.25) is 5.02 Å². The Kier molecular flexibility index (Phi) is 8.36. The highest BCUT2D eigenvalue weighted by Crippen LogP contribution is 2.40. The lowest BCUT2D eigenvalue weighted by molar-refractivity contribution is -0.122. The molecule has 192 valence electrons. The number of nitriles is 1. The van der Waals surface area contributed by atoms with Crippen LogP contribution in [0.15, 0.2) is 70.6 Å². The summed E-state index contributed by atoms with van der Waals surface area (Å²) in [5.74, 6) is -0.581. The largest absolute Gasteiger partial charge is 0.493 e. The number of aromatic carboxylic acids is 1. The zero-order valence-electron chi connectivity index (χ0n) is 20.5. The minimum atomic E-state index is -1.05. The van der Waals surface area contributed by atoms with Crippen LogP contribution < -0.4 is 9.47 Å². The number of amidine groups is 1. The molecule has 0 bridgehead atoms. The lowest BCUT2D eigenvalue weighted by Crippen LogP contribution is -2.28. The fourth-order valence-electron chi connectivity index (χ4n) is 3.71. The average Bonchev–Trinajstić information content (AvgIpc) is 3.21. The van der Waals surface area contributed by atoms with Gasteiger partial charge < -0.3 is 14.6 Å². The van der Waals surface area contributed by atoms with E-state index >= 15 is 0 Å². The normalized spacial score (nSPS) is 15.1. The number of carboxylic acid groups (broad SMARTS) is 1. The van der Waals surface area contributed by atoms with Crippen molar-refractivity contribution in [2.75, 3.05) is 13.7 Å². The van der Waals surface area contributed by atoms with Gasteiger partial charge in [0.25, 0.3) is 5.91 Å². The van der Waals surface area contributed by atoms with E-state index in [9.17, 15) is 20.0 Å². The van der Waals surface area contributed by atoms with E-state index in [-0.39, 0.29) is 23.1 Å². The van der Waals surface area contributed by atoms with Crippen molar-refractivity contribution in [3.8, 4) is 17.6 Å². The van der Waals surface area contributed by atoms with Crippen molar-refractivity contribution in [2.45, 2.75) is 13.5 Å². The SMILES string of the molecule is CCN1C(=O)C(=Cc2cc(Cl)c(OCc3ccccc3C#N)c(OC)c2)SC1=Nc1cccc(C(=O)O)c1. The van der Waals surface area contributed by atoms with Gasteiger partial charge in [0.05, 0.1) is 39.9 Å². The van der Waals surface area contributed by atoms with E-state index in [1.165, 1.54) is 35.9 Å². The van der Waals surface area contributed by atoms with Gasteiger partial charge in [0, 0.05) is 12.1 Å². The molecule has 8 nitrogen and oxygen atoms in total. The Balaban J connectivity index is 1.61. The number of rotatable bonds is 8. The van der Waals surface area contributed by atoms with Crippen LogP contribution in [0, 0.1) is 11.3 Å². The molecule has 1 amide bonds. The lowest BCUT2D eigenvalue weighted by atomic mass is 10.1. The highest BCUT2D eigenvalue weighted by Gasteiger charge is 2.32. The van der Waals surface area contributed by atoms with E-state index in [1.807, 2.05) is 13.0 Å². The van der Waals surface area contributed by atoms with Gasteiger partial charge in [-0.15, -0.1) is 0 Å². The highest BCUT2D eigenvalue weighted by atomic mass is 35.5. The van der Waals surface area contributed by atoms with Crippen LogP contribution in [0.3, 0.4) is 0 Å². The molecule has 0 radical (unpaired) electrons. The zero-order valence-corrected chi connectivity index (χ0v) is 22.0. The molecular weight excluding hydrogens is 526 g/mol. The second-order valence-electron chi connectivity index (χ2n) is 8.00. The first kappa shape index (κ1) is 26.8. The number of carbonyl (C=O) groups excluding carboxylic acids is 1. The van der Waals surface area contributed by atoms with Crippen LogP contribution in [0.5, 0.6) is 11.5 Å². The van der Waals surface area contributed by atoms with E-state index in [2.05, 4.69) is 11.1 Å². The Morgan fingerprint density at radius 1 is 1.21 bits per heavy atom. The molecule has 1 aliphatic rings. The molecule has 1 aliphatic heterocycles. The smallest absolute Gasteiger partial charge is 0.335 e. The average molecular weight is 548 g/mol. The number of carbonyl (C=O) groups is 2. The third-order valence-corrected chi connectivity index (χ3v) is 6.87. The van der Waals surface area contributed by atoms with Crippen molar-refractivity contribution >= 4 is 52.2 Å². The summed E-state index contributed by atoms with van der Waals surface area (Å²) in [6.07, 6.45) is 1.69. The second-order valence-corrected chi connectivity index (χ2v) is 9.42. The summed E-state index contributed by atoms with van der Waals surface area (Å²) in [6.45, 7) is 2.35. The number of hydrogen-bond donors (Lipinski definition) is 1. The number of likely N-dealkylation sites (N-methyl/N-ethyl adjacent to an activating group) is 1. The third-order valence-electron chi connectivity index (χ3n) is 5.58. The zero-order chi connectivity index (χ0) is 27.2. The van der Waals surface area contributed by atoms with Gasteiger partial charge in [0.1, 0.15) is 6.61 Å². The number of methoxy groups -OCH3 is 1. The van der Waals surface area contributed by atoms with Crippen LogP contribution in [0.4, 0.5) is 5.69 Å². The number of amides is 1. The van der Waals surface area contributed by atoms with Crippen LogP contribution in [-0.2, 0) is 11.4 Å². The number of aliphatic imine (C=N–C) groups is 1. The Morgan fingerprint density at radius 2 is 2.00 bits per heavy atom. The Labute approximate surface area is 228 Å². The molecule has 10 heteroatoms. The molecular formula is C28H22ClN3O5S. The van der Waals surface area contributed by atoms with E-state index in [0.29, 0.717) is 50.5 Å². The maximum absolute atomic E-state index is 13.1. The number of carboxylic acids is 1. The van der Waals surface area contributed by atoms with Gasteiger partial charge in [-0.3, -0.25) is 9.69 Å². The lowest BCUT2D eigenvalue weighted by Gasteiger charge is -2.14. The van der Waals surface area contributed by atoms with E-state index in [4.69, 9.17) is 21.1 Å². The molecule has 1 N–H and O–H groups in total. The van der Waals surface area contributed by atoms with E-state index < -0.39 is 5.97 Å². The number of nitrogens with zero attached hydrogens (tertiary/aromatic N) is 3. The number of ether oxygens (including phenoxy) is 2. The first-order valence-corrected chi connectivity index (χ1v) is 12.7. The van der Waals surface area contributed by atoms with Crippen LogP contribution >= 0.6 is 23.4 Å². The molecule has 0 aliphatic carbocycles. The molecule has 0 atom stereocenters. The fourth-order valence-corrected chi connectivity index (χ4v) is 5.05. The highest BCUT2D eigenvalue weighted by molar-refractivity contribution is 8.18. The Bertz CT molecular complexity index is 1510. The molecule has 4 rings (SSSR count). The molecule has 1 saturated heterocycles. The van der Waals surface area contributed by atoms with Gasteiger partial charge in [-0.05, 0) is 66.7 Å². The van der Waals surface area contributed by atoms with Gasteiger partial charge in [-0.25, -0.2) is 9.79 Å². The maximum atomic E-state index is 13.1. The van der Waals surface area contributed by atoms with Crippen LogP contribution in [0.1, 0.15) is 34.0 Å². The summed E-state index contributed by atoms with van der Waals surface area (Å²) >= 11 is 7.72. The summed E-state index contributed by atoms with van der Waals surface area (Å²) in [7, 11) is 1.49. The fraction of sp³-hybridized carbons (Fsp3) is 0.143. The molecule has 0 unspecified atom stereocenters. The molecule has 3 aromatic carbocycles. The Hall–Kier alpha value is -4.26. The van der Waals surface area contributed by atoms with Crippen LogP contribution in [-0.4, -0.2) is 40.7 Å². The van der Waals surface area contributed by atoms with Crippen molar-refractivity contribution < 1.29 is 24.2 Å². The van der Waals surface area contributed by atoms with Gasteiger partial charge in [0.2, 0.25) is 0 Å². The van der Waals surface area contributed by atoms with Crippen molar-refractivity contribution in [3.63, 3.8) is 0 Å².